The monoisotopic (exact) mass is 401 g/mol. The lowest BCUT2D eigenvalue weighted by atomic mass is 9.83. The molecule has 3 unspecified atom stereocenters. The van der Waals surface area contributed by atoms with Gasteiger partial charge in [-0.1, -0.05) is 67.8 Å². The fourth-order valence-corrected chi connectivity index (χ4v) is 6.23. The Balaban J connectivity index is 1.69. The molecule has 2 aromatic rings. The van der Waals surface area contributed by atoms with Crippen LogP contribution in [-0.2, 0) is 0 Å². The Morgan fingerprint density at radius 2 is 1.50 bits per heavy atom. The van der Waals surface area contributed by atoms with Crippen molar-refractivity contribution in [1.29, 1.82) is 0 Å². The Labute approximate surface area is 184 Å². The topological polar surface area (TPSA) is 6.48 Å². The third kappa shape index (κ3) is 3.12. The number of benzene rings is 2. The van der Waals surface area contributed by atoms with E-state index in [0.717, 1.165) is 0 Å². The van der Waals surface area contributed by atoms with Crippen molar-refractivity contribution in [2.75, 3.05) is 4.90 Å². The van der Waals surface area contributed by atoms with Gasteiger partial charge in [-0.15, -0.1) is 0 Å². The van der Waals surface area contributed by atoms with Crippen LogP contribution in [0.5, 0.6) is 0 Å². The van der Waals surface area contributed by atoms with Gasteiger partial charge in [0.15, 0.2) is 0 Å². The van der Waals surface area contributed by atoms with Crippen molar-refractivity contribution < 1.29 is 1.37 Å². The van der Waals surface area contributed by atoms with Gasteiger partial charge in [-0.25, -0.2) is 0 Å². The number of hydrogen-bond donors (Lipinski definition) is 0. The summed E-state index contributed by atoms with van der Waals surface area (Å²) in [7, 11) is 0. The molecule has 3 aliphatic rings. The molecule has 2 aromatic carbocycles. The number of aryl methyl sites for hydroxylation is 3. The number of rotatable bonds is 3. The van der Waals surface area contributed by atoms with E-state index in [0.29, 0.717) is 12.0 Å². The predicted molar refractivity (Wildman–Crippen MR) is 127 cm³/mol. The van der Waals surface area contributed by atoms with Crippen LogP contribution in [0.3, 0.4) is 0 Å². The molecular formula is C28H36N2. The van der Waals surface area contributed by atoms with E-state index in [-0.39, 0.29) is 12.2 Å². The first-order valence-corrected chi connectivity index (χ1v) is 11.8. The van der Waals surface area contributed by atoms with Gasteiger partial charge in [0, 0.05) is 17.7 Å². The summed E-state index contributed by atoms with van der Waals surface area (Å²) >= 11 is 0. The highest BCUT2D eigenvalue weighted by Crippen LogP contribution is 2.49. The molecule has 2 fully saturated rings. The van der Waals surface area contributed by atoms with Crippen molar-refractivity contribution in [3.05, 3.63) is 76.9 Å². The summed E-state index contributed by atoms with van der Waals surface area (Å²) in [5, 5.41) is 0. The van der Waals surface area contributed by atoms with E-state index in [4.69, 9.17) is 0 Å². The van der Waals surface area contributed by atoms with Crippen LogP contribution in [0.25, 0.3) is 0 Å². The minimum atomic E-state index is -0.629. The van der Waals surface area contributed by atoms with Gasteiger partial charge in [0.05, 0.1) is 7.41 Å². The summed E-state index contributed by atoms with van der Waals surface area (Å²) in [6, 6.07) is 15.4. The van der Waals surface area contributed by atoms with Crippen molar-refractivity contribution in [3.63, 3.8) is 0 Å². The van der Waals surface area contributed by atoms with E-state index in [1.807, 2.05) is 0 Å². The zero-order chi connectivity index (χ0) is 21.8. The highest BCUT2D eigenvalue weighted by Gasteiger charge is 2.51. The molecule has 2 aliphatic heterocycles. The van der Waals surface area contributed by atoms with Crippen LogP contribution in [0, 0.1) is 26.7 Å². The molecule has 0 spiro atoms. The maximum absolute atomic E-state index is 9.83. The van der Waals surface area contributed by atoms with Crippen LogP contribution in [0.15, 0.2) is 54.6 Å². The second-order valence-corrected chi connectivity index (χ2v) is 9.63. The van der Waals surface area contributed by atoms with Crippen LogP contribution < -0.4 is 4.90 Å². The molecule has 30 heavy (non-hydrogen) atoms. The van der Waals surface area contributed by atoms with Crippen LogP contribution in [0.4, 0.5) is 5.69 Å². The van der Waals surface area contributed by atoms with Gasteiger partial charge in [-0.3, -0.25) is 4.90 Å². The Kier molecular flexibility index (Phi) is 4.91. The Hall–Kier alpha value is -2.06. The van der Waals surface area contributed by atoms with E-state index in [1.165, 1.54) is 60.0 Å². The van der Waals surface area contributed by atoms with Crippen LogP contribution in [0.2, 0.25) is 0 Å². The molecule has 0 N–H and O–H groups in total. The summed E-state index contributed by atoms with van der Waals surface area (Å²) in [5.74, 6) is 0.415. The molecule has 2 heterocycles. The second-order valence-electron chi connectivity index (χ2n) is 9.63. The quantitative estimate of drug-likeness (QED) is 0.527. The van der Waals surface area contributed by atoms with Gasteiger partial charge in [0.2, 0.25) is 0 Å². The largest absolute Gasteiger partial charge is 0.347 e. The first kappa shape index (κ1) is 18.7. The molecule has 1 saturated heterocycles. The lowest BCUT2D eigenvalue weighted by molar-refractivity contribution is 0.127. The van der Waals surface area contributed by atoms with Crippen molar-refractivity contribution >= 4 is 5.69 Å². The molecule has 2 heteroatoms. The molecule has 0 aromatic heterocycles. The average Bonchev–Trinajstić information content (AvgIpc) is 3.26. The number of nitrogens with zero attached hydrogens (tertiary/aromatic N) is 2. The van der Waals surface area contributed by atoms with E-state index >= 15 is 0 Å². The smallest absolute Gasteiger partial charge is 0.110 e. The highest BCUT2D eigenvalue weighted by atomic mass is 15.5. The Morgan fingerprint density at radius 1 is 0.833 bits per heavy atom. The molecule has 158 valence electrons. The van der Waals surface area contributed by atoms with E-state index < -0.39 is 6.02 Å². The Morgan fingerprint density at radius 3 is 2.20 bits per heavy atom. The van der Waals surface area contributed by atoms with Gasteiger partial charge in [0.25, 0.3) is 0 Å². The van der Waals surface area contributed by atoms with Crippen LogP contribution in [0.1, 0.15) is 68.8 Å². The zero-order valence-corrected chi connectivity index (χ0v) is 18.9. The number of fused-ring (bicyclic) bond motifs is 1. The lowest BCUT2D eigenvalue weighted by Crippen LogP contribution is -2.42. The van der Waals surface area contributed by atoms with Crippen molar-refractivity contribution in [2.45, 2.75) is 84.1 Å². The normalized spacial score (nSPS) is 32.5. The average molecular weight is 402 g/mol. The summed E-state index contributed by atoms with van der Waals surface area (Å²) in [6.07, 6.45) is 10.9. The first-order valence-electron chi connectivity index (χ1n) is 12.3. The van der Waals surface area contributed by atoms with Crippen LogP contribution in [-0.4, -0.2) is 23.0 Å². The standard InChI is InChI=1S/C28H36N2/c1-19-11-8-9-16-24(19)29-22(4)25-17-18-26(23-14-6-5-7-15-23)30(25)28(29)27-20(2)12-10-13-21(27)3/h8-13,16-18,22-23,25-26,28H,5-7,14-15H2,1-4H3/t22-,25?,26?,28?/m0/s1/i26D. The maximum Gasteiger partial charge on any atom is 0.110 e. The minimum absolute atomic E-state index is 0.0803. The summed E-state index contributed by atoms with van der Waals surface area (Å²) in [4.78, 5) is 5.18. The molecule has 2 nitrogen and oxygen atoms in total. The fraction of sp³-hybridized carbons (Fsp3) is 0.500. The van der Waals surface area contributed by atoms with Gasteiger partial charge in [0.1, 0.15) is 6.17 Å². The minimum Gasteiger partial charge on any atom is -0.347 e. The molecule has 1 saturated carbocycles. The molecule has 0 bridgehead atoms. The summed E-state index contributed by atoms with van der Waals surface area (Å²) in [6.45, 7) is 9.06. The molecular weight excluding hydrogens is 364 g/mol. The van der Waals surface area contributed by atoms with E-state index in [2.05, 4.69) is 92.1 Å². The van der Waals surface area contributed by atoms with E-state index in [1.54, 1.807) is 0 Å². The number of para-hydroxylation sites is 1. The van der Waals surface area contributed by atoms with Gasteiger partial charge >= 0.3 is 0 Å². The zero-order valence-electron chi connectivity index (χ0n) is 19.9. The van der Waals surface area contributed by atoms with Gasteiger partial charge in [-0.2, -0.15) is 0 Å². The van der Waals surface area contributed by atoms with E-state index in [9.17, 15) is 1.37 Å². The van der Waals surface area contributed by atoms with Gasteiger partial charge in [-0.05, 0) is 74.8 Å². The van der Waals surface area contributed by atoms with Crippen molar-refractivity contribution in [3.8, 4) is 0 Å². The molecule has 1 aliphatic carbocycles. The first-order chi connectivity index (χ1) is 14.9. The molecule has 0 amide bonds. The fourth-order valence-electron chi connectivity index (χ4n) is 6.23. The second kappa shape index (κ2) is 7.89. The predicted octanol–water partition coefficient (Wildman–Crippen LogP) is 6.71. The third-order valence-corrected chi connectivity index (χ3v) is 7.76. The number of hydrogen-bond acceptors (Lipinski definition) is 2. The van der Waals surface area contributed by atoms with Crippen molar-refractivity contribution in [2.24, 2.45) is 5.92 Å². The van der Waals surface area contributed by atoms with Crippen molar-refractivity contribution in [1.82, 2.24) is 4.90 Å². The summed E-state index contributed by atoms with van der Waals surface area (Å²) < 4.78 is 9.83. The lowest BCUT2D eigenvalue weighted by Gasteiger charge is -2.41. The SMILES string of the molecule is [2H]C1(C2CCCCC2)C=CC2[C@H](C)N(c3ccccc3C)C(c3c(C)cccc3C)N21. The molecule has 0 radical (unpaired) electrons. The summed E-state index contributed by atoms with van der Waals surface area (Å²) in [5.41, 5.74) is 6.65. The third-order valence-electron chi connectivity index (χ3n) is 7.76. The number of anilines is 1. The molecule has 4 atom stereocenters. The van der Waals surface area contributed by atoms with Gasteiger partial charge < -0.3 is 4.90 Å². The Bertz CT molecular complexity index is 972. The highest BCUT2D eigenvalue weighted by molar-refractivity contribution is 5.59. The maximum atomic E-state index is 9.83. The molecule has 5 rings (SSSR count). The van der Waals surface area contributed by atoms with Crippen LogP contribution >= 0.6 is 0 Å².